The Balaban J connectivity index is 2.25. The fourth-order valence-corrected chi connectivity index (χ4v) is 1.56. The van der Waals surface area contributed by atoms with Gasteiger partial charge in [-0.3, -0.25) is 0 Å². The molecular formula is C11H14N2O2. The molecule has 0 saturated carbocycles. The van der Waals surface area contributed by atoms with Crippen molar-refractivity contribution in [2.24, 2.45) is 10.9 Å². The van der Waals surface area contributed by atoms with Crippen molar-refractivity contribution >= 4 is 5.71 Å². The highest BCUT2D eigenvalue weighted by molar-refractivity contribution is 6.03. The van der Waals surface area contributed by atoms with Crippen LogP contribution < -0.4 is 5.73 Å². The molecule has 2 rings (SSSR count). The van der Waals surface area contributed by atoms with Gasteiger partial charge in [0.1, 0.15) is 5.75 Å². The van der Waals surface area contributed by atoms with Crippen molar-refractivity contribution < 1.29 is 9.94 Å². The van der Waals surface area contributed by atoms with Gasteiger partial charge in [-0.15, -0.1) is 0 Å². The minimum atomic E-state index is -0.433. The molecule has 1 heterocycles. The smallest absolute Gasteiger partial charge is 0.152 e. The Morgan fingerprint density at radius 3 is 2.87 bits per heavy atom. The minimum Gasteiger partial charge on any atom is -0.507 e. The summed E-state index contributed by atoms with van der Waals surface area (Å²) in [4.78, 5) is 5.26. The Kier molecular flexibility index (Phi) is 2.36. The number of hydrogen-bond acceptors (Lipinski definition) is 4. The summed E-state index contributed by atoms with van der Waals surface area (Å²) in [6, 6.07) is 7.09. The van der Waals surface area contributed by atoms with Crippen molar-refractivity contribution in [3.05, 3.63) is 29.8 Å². The number of aromatic hydroxyl groups is 1. The van der Waals surface area contributed by atoms with E-state index in [0.29, 0.717) is 13.0 Å². The first-order valence-corrected chi connectivity index (χ1v) is 4.88. The van der Waals surface area contributed by atoms with Crippen molar-refractivity contribution in [1.29, 1.82) is 0 Å². The van der Waals surface area contributed by atoms with Gasteiger partial charge in [0.25, 0.3) is 0 Å². The molecule has 0 radical (unpaired) electrons. The highest BCUT2D eigenvalue weighted by Crippen LogP contribution is 2.28. The Morgan fingerprint density at radius 1 is 1.53 bits per heavy atom. The average Bonchev–Trinajstić information content (AvgIpc) is 2.63. The maximum Gasteiger partial charge on any atom is 0.152 e. The third-order valence-corrected chi connectivity index (χ3v) is 2.56. The molecule has 15 heavy (non-hydrogen) atoms. The number of para-hydroxylation sites is 1. The van der Waals surface area contributed by atoms with E-state index in [9.17, 15) is 5.11 Å². The lowest BCUT2D eigenvalue weighted by molar-refractivity contribution is 0.00422. The van der Waals surface area contributed by atoms with Crippen LogP contribution in [0.15, 0.2) is 29.4 Å². The SMILES string of the molecule is CC1(CN)CC(c2ccccc2O)=NO1. The van der Waals surface area contributed by atoms with Crippen molar-refractivity contribution in [3.8, 4) is 5.75 Å². The summed E-state index contributed by atoms with van der Waals surface area (Å²) in [7, 11) is 0. The van der Waals surface area contributed by atoms with Crippen molar-refractivity contribution in [1.82, 2.24) is 0 Å². The molecule has 1 aromatic carbocycles. The van der Waals surface area contributed by atoms with Crippen LogP contribution in [-0.4, -0.2) is 23.0 Å². The highest BCUT2D eigenvalue weighted by Gasteiger charge is 2.33. The fraction of sp³-hybridized carbons (Fsp3) is 0.364. The second-order valence-corrected chi connectivity index (χ2v) is 3.98. The number of nitrogens with two attached hydrogens (primary N) is 1. The van der Waals surface area contributed by atoms with Crippen molar-refractivity contribution in [2.75, 3.05) is 6.54 Å². The van der Waals surface area contributed by atoms with Crippen LogP contribution in [0.25, 0.3) is 0 Å². The molecular weight excluding hydrogens is 192 g/mol. The van der Waals surface area contributed by atoms with Crippen LogP contribution in [0.5, 0.6) is 5.75 Å². The number of oxime groups is 1. The number of benzene rings is 1. The standard InChI is InChI=1S/C11H14N2O2/c1-11(7-12)6-9(13-15-11)8-4-2-3-5-10(8)14/h2-5,14H,6-7,12H2,1H3. The number of nitrogens with zero attached hydrogens (tertiary/aromatic N) is 1. The molecule has 0 amide bonds. The first-order chi connectivity index (χ1) is 7.14. The quantitative estimate of drug-likeness (QED) is 0.764. The Morgan fingerprint density at radius 2 is 2.27 bits per heavy atom. The minimum absolute atomic E-state index is 0.223. The first-order valence-electron chi connectivity index (χ1n) is 4.88. The van der Waals surface area contributed by atoms with E-state index < -0.39 is 5.60 Å². The fourth-order valence-electron chi connectivity index (χ4n) is 1.56. The summed E-state index contributed by atoms with van der Waals surface area (Å²) in [6.07, 6.45) is 0.626. The van der Waals surface area contributed by atoms with E-state index in [4.69, 9.17) is 10.6 Å². The zero-order valence-corrected chi connectivity index (χ0v) is 8.60. The number of rotatable bonds is 2. The maximum absolute atomic E-state index is 9.65. The van der Waals surface area contributed by atoms with E-state index in [0.717, 1.165) is 11.3 Å². The first kappa shape index (κ1) is 9.98. The van der Waals surface area contributed by atoms with Gasteiger partial charge in [-0.05, 0) is 19.1 Å². The summed E-state index contributed by atoms with van der Waals surface area (Å²) in [6.45, 7) is 2.32. The summed E-state index contributed by atoms with van der Waals surface area (Å²) in [5, 5.41) is 13.6. The largest absolute Gasteiger partial charge is 0.507 e. The molecule has 0 aromatic heterocycles. The van der Waals surface area contributed by atoms with Crippen LogP contribution in [-0.2, 0) is 4.84 Å². The second-order valence-electron chi connectivity index (χ2n) is 3.98. The third kappa shape index (κ3) is 1.80. The lowest BCUT2D eigenvalue weighted by Crippen LogP contribution is -2.34. The molecule has 0 fully saturated rings. The molecule has 1 atom stereocenters. The molecule has 80 valence electrons. The number of phenols is 1. The van der Waals surface area contributed by atoms with Crippen LogP contribution in [0.3, 0.4) is 0 Å². The predicted molar refractivity (Wildman–Crippen MR) is 57.8 cm³/mol. The molecule has 0 saturated heterocycles. The number of hydrogen-bond donors (Lipinski definition) is 2. The Labute approximate surface area is 88.3 Å². The monoisotopic (exact) mass is 206 g/mol. The van der Waals surface area contributed by atoms with Gasteiger partial charge in [-0.25, -0.2) is 0 Å². The Bertz CT molecular complexity index is 403. The third-order valence-electron chi connectivity index (χ3n) is 2.56. The van der Waals surface area contributed by atoms with Gasteiger partial charge < -0.3 is 15.7 Å². The summed E-state index contributed by atoms with van der Waals surface area (Å²) < 4.78 is 0. The van der Waals surface area contributed by atoms with E-state index in [-0.39, 0.29) is 5.75 Å². The van der Waals surface area contributed by atoms with E-state index in [1.165, 1.54) is 0 Å². The molecule has 1 aromatic rings. The zero-order chi connectivity index (χ0) is 10.9. The van der Waals surface area contributed by atoms with Crippen LogP contribution in [0, 0.1) is 0 Å². The molecule has 4 nitrogen and oxygen atoms in total. The normalized spacial score (nSPS) is 24.8. The lowest BCUT2D eigenvalue weighted by atomic mass is 9.96. The van der Waals surface area contributed by atoms with Gasteiger partial charge in [0, 0.05) is 18.5 Å². The van der Waals surface area contributed by atoms with Crippen LogP contribution in [0.2, 0.25) is 0 Å². The summed E-state index contributed by atoms with van der Waals surface area (Å²) in [5.41, 5.74) is 6.62. The molecule has 1 aliphatic rings. The molecule has 1 aliphatic heterocycles. The topological polar surface area (TPSA) is 67.8 Å². The summed E-state index contributed by atoms with van der Waals surface area (Å²) in [5.74, 6) is 0.223. The molecule has 0 aliphatic carbocycles. The number of phenolic OH excluding ortho intramolecular Hbond substituents is 1. The van der Waals surface area contributed by atoms with E-state index in [1.807, 2.05) is 19.1 Å². The molecule has 4 heteroatoms. The predicted octanol–water partition coefficient (Wildman–Crippen LogP) is 1.23. The van der Waals surface area contributed by atoms with Crippen molar-refractivity contribution in [3.63, 3.8) is 0 Å². The van der Waals surface area contributed by atoms with Gasteiger partial charge in [0.05, 0.1) is 5.71 Å². The van der Waals surface area contributed by atoms with Crippen LogP contribution in [0.4, 0.5) is 0 Å². The zero-order valence-electron chi connectivity index (χ0n) is 8.60. The van der Waals surface area contributed by atoms with E-state index in [2.05, 4.69) is 5.16 Å². The van der Waals surface area contributed by atoms with E-state index in [1.54, 1.807) is 12.1 Å². The highest BCUT2D eigenvalue weighted by atomic mass is 16.7. The summed E-state index contributed by atoms with van der Waals surface area (Å²) >= 11 is 0. The Hall–Kier alpha value is -1.55. The van der Waals surface area contributed by atoms with Gasteiger partial charge in [-0.1, -0.05) is 17.3 Å². The van der Waals surface area contributed by atoms with Gasteiger partial charge in [-0.2, -0.15) is 0 Å². The van der Waals surface area contributed by atoms with Gasteiger partial charge >= 0.3 is 0 Å². The van der Waals surface area contributed by atoms with Crippen LogP contribution >= 0.6 is 0 Å². The lowest BCUT2D eigenvalue weighted by Gasteiger charge is -2.18. The maximum atomic E-state index is 9.65. The molecule has 0 bridgehead atoms. The van der Waals surface area contributed by atoms with Crippen molar-refractivity contribution in [2.45, 2.75) is 18.9 Å². The molecule has 0 spiro atoms. The average molecular weight is 206 g/mol. The van der Waals surface area contributed by atoms with Crippen LogP contribution in [0.1, 0.15) is 18.9 Å². The second kappa shape index (κ2) is 3.55. The van der Waals surface area contributed by atoms with E-state index >= 15 is 0 Å². The van der Waals surface area contributed by atoms with Gasteiger partial charge in [0.2, 0.25) is 0 Å². The molecule has 1 unspecified atom stereocenters. The molecule has 3 N–H and O–H groups in total. The van der Waals surface area contributed by atoms with Gasteiger partial charge in [0.15, 0.2) is 5.60 Å².